The molecule has 0 fully saturated rings. The van der Waals surface area contributed by atoms with E-state index in [2.05, 4.69) is 10.6 Å². The lowest BCUT2D eigenvalue weighted by Gasteiger charge is -2.27. The fourth-order valence-corrected chi connectivity index (χ4v) is 1.81. The van der Waals surface area contributed by atoms with Crippen LogP contribution in [0.2, 0.25) is 0 Å². The molecule has 0 atom stereocenters. The SMILES string of the molecule is CC(C)(CNC(=O)OC(C)(C)C)NC(=O)/C=C/c1cccc(F)c1. The van der Waals surface area contributed by atoms with Gasteiger partial charge in [-0.3, -0.25) is 4.79 Å². The molecule has 0 aliphatic carbocycles. The lowest BCUT2D eigenvalue weighted by atomic mass is 10.1. The number of carbonyl (C=O) groups excluding carboxylic acids is 2. The van der Waals surface area contributed by atoms with Gasteiger partial charge in [-0.1, -0.05) is 12.1 Å². The molecule has 0 saturated heterocycles. The highest BCUT2D eigenvalue weighted by Gasteiger charge is 2.22. The summed E-state index contributed by atoms with van der Waals surface area (Å²) in [5.41, 5.74) is -0.652. The van der Waals surface area contributed by atoms with Gasteiger partial charge in [0.2, 0.25) is 5.91 Å². The molecule has 0 bridgehead atoms. The zero-order valence-corrected chi connectivity index (χ0v) is 14.8. The topological polar surface area (TPSA) is 67.4 Å². The van der Waals surface area contributed by atoms with Gasteiger partial charge in [0.05, 0.1) is 5.54 Å². The van der Waals surface area contributed by atoms with Crippen LogP contribution in [0.3, 0.4) is 0 Å². The van der Waals surface area contributed by atoms with Gasteiger partial charge in [0.1, 0.15) is 11.4 Å². The molecule has 0 aromatic heterocycles. The maximum absolute atomic E-state index is 13.1. The van der Waals surface area contributed by atoms with Gasteiger partial charge in [-0.05, 0) is 58.4 Å². The first kappa shape index (κ1) is 19.7. The second-order valence-corrected chi connectivity index (χ2v) is 7.12. The zero-order chi connectivity index (χ0) is 18.4. The highest BCUT2D eigenvalue weighted by molar-refractivity contribution is 5.92. The van der Waals surface area contributed by atoms with Crippen LogP contribution in [0.5, 0.6) is 0 Å². The molecule has 0 radical (unpaired) electrons. The van der Waals surface area contributed by atoms with Crippen LogP contribution in [0, 0.1) is 5.82 Å². The Labute approximate surface area is 142 Å². The summed E-state index contributed by atoms with van der Waals surface area (Å²) in [6, 6.07) is 5.94. The van der Waals surface area contributed by atoms with Gasteiger partial charge in [0.15, 0.2) is 0 Å². The third-order valence-electron chi connectivity index (χ3n) is 2.81. The van der Waals surface area contributed by atoms with Crippen molar-refractivity contribution in [3.05, 3.63) is 41.7 Å². The van der Waals surface area contributed by atoms with Crippen LogP contribution in [-0.2, 0) is 9.53 Å². The molecule has 132 valence electrons. The van der Waals surface area contributed by atoms with Crippen molar-refractivity contribution in [1.29, 1.82) is 0 Å². The predicted octanol–water partition coefficient (Wildman–Crippen LogP) is 3.26. The van der Waals surface area contributed by atoms with E-state index in [1.807, 2.05) is 0 Å². The fraction of sp³-hybridized carbons (Fsp3) is 0.444. The summed E-state index contributed by atoms with van der Waals surface area (Å²) in [6.07, 6.45) is 2.31. The number of hydrogen-bond acceptors (Lipinski definition) is 3. The standard InChI is InChI=1S/C18H25FN2O3/c1-17(2,3)24-16(23)20-12-18(4,5)21-15(22)10-9-13-7-6-8-14(19)11-13/h6-11H,12H2,1-5H3,(H,20,23)(H,21,22)/b10-9+. The minimum Gasteiger partial charge on any atom is -0.444 e. The van der Waals surface area contributed by atoms with Gasteiger partial charge in [-0.2, -0.15) is 0 Å². The summed E-state index contributed by atoms with van der Waals surface area (Å²) in [6.45, 7) is 9.09. The van der Waals surface area contributed by atoms with Gasteiger partial charge < -0.3 is 15.4 Å². The van der Waals surface area contributed by atoms with Crippen molar-refractivity contribution in [3.8, 4) is 0 Å². The highest BCUT2D eigenvalue weighted by Crippen LogP contribution is 2.08. The van der Waals surface area contributed by atoms with Crippen LogP contribution in [0.25, 0.3) is 6.08 Å². The molecule has 1 aromatic carbocycles. The number of halogens is 1. The normalized spacial score (nSPS) is 12.1. The number of hydrogen-bond donors (Lipinski definition) is 2. The van der Waals surface area contributed by atoms with E-state index >= 15 is 0 Å². The number of carbonyl (C=O) groups is 2. The third-order valence-corrected chi connectivity index (χ3v) is 2.81. The Hall–Kier alpha value is -2.37. The molecular formula is C18H25FN2O3. The summed E-state index contributed by atoms with van der Waals surface area (Å²) in [5, 5.41) is 5.39. The smallest absolute Gasteiger partial charge is 0.407 e. The Kier molecular flexibility index (Phi) is 6.51. The Balaban J connectivity index is 2.51. The van der Waals surface area contributed by atoms with Gasteiger partial charge in [-0.25, -0.2) is 9.18 Å². The minimum atomic E-state index is -0.666. The number of benzene rings is 1. The molecule has 6 heteroatoms. The number of nitrogens with one attached hydrogen (secondary N) is 2. The van der Waals surface area contributed by atoms with E-state index in [0.29, 0.717) is 5.56 Å². The maximum atomic E-state index is 13.1. The van der Waals surface area contributed by atoms with E-state index in [4.69, 9.17) is 4.74 Å². The monoisotopic (exact) mass is 336 g/mol. The maximum Gasteiger partial charge on any atom is 0.407 e. The zero-order valence-electron chi connectivity index (χ0n) is 14.8. The number of rotatable bonds is 5. The van der Waals surface area contributed by atoms with Crippen LogP contribution in [0.1, 0.15) is 40.2 Å². The van der Waals surface area contributed by atoms with E-state index < -0.39 is 17.2 Å². The largest absolute Gasteiger partial charge is 0.444 e. The van der Waals surface area contributed by atoms with Crippen LogP contribution < -0.4 is 10.6 Å². The van der Waals surface area contributed by atoms with Gasteiger partial charge in [-0.15, -0.1) is 0 Å². The fourth-order valence-electron chi connectivity index (χ4n) is 1.81. The van der Waals surface area contributed by atoms with Gasteiger partial charge in [0.25, 0.3) is 0 Å². The molecular weight excluding hydrogens is 311 g/mol. The van der Waals surface area contributed by atoms with Crippen molar-refractivity contribution in [2.24, 2.45) is 0 Å². The molecule has 0 saturated carbocycles. The second kappa shape index (κ2) is 7.95. The van der Waals surface area contributed by atoms with E-state index in [-0.39, 0.29) is 18.3 Å². The lowest BCUT2D eigenvalue weighted by Crippen LogP contribution is -2.51. The molecule has 0 aliphatic rings. The minimum absolute atomic E-state index is 0.210. The molecule has 0 spiro atoms. The molecule has 0 heterocycles. The summed E-state index contributed by atoms with van der Waals surface area (Å²) in [7, 11) is 0. The average Bonchev–Trinajstić information content (AvgIpc) is 2.41. The number of ether oxygens (including phenoxy) is 1. The first-order valence-corrected chi connectivity index (χ1v) is 7.69. The molecule has 0 aliphatic heterocycles. The van der Waals surface area contributed by atoms with Crippen LogP contribution in [-0.4, -0.2) is 29.7 Å². The van der Waals surface area contributed by atoms with Crippen molar-refractivity contribution in [2.45, 2.75) is 45.8 Å². The van der Waals surface area contributed by atoms with Crippen molar-refractivity contribution in [2.75, 3.05) is 6.54 Å². The Morgan fingerprint density at radius 2 is 1.88 bits per heavy atom. The molecule has 2 N–H and O–H groups in total. The van der Waals surface area contributed by atoms with Crippen LogP contribution in [0.15, 0.2) is 30.3 Å². The average molecular weight is 336 g/mol. The highest BCUT2D eigenvalue weighted by atomic mass is 19.1. The number of amides is 2. The Bertz CT molecular complexity index is 619. The van der Waals surface area contributed by atoms with Crippen LogP contribution in [0.4, 0.5) is 9.18 Å². The van der Waals surface area contributed by atoms with E-state index in [1.54, 1.807) is 46.8 Å². The Morgan fingerprint density at radius 3 is 2.46 bits per heavy atom. The van der Waals surface area contributed by atoms with Gasteiger partial charge >= 0.3 is 6.09 Å². The van der Waals surface area contributed by atoms with E-state index in [9.17, 15) is 14.0 Å². The second-order valence-electron chi connectivity index (χ2n) is 7.12. The molecule has 0 unspecified atom stereocenters. The molecule has 1 rings (SSSR count). The number of alkyl carbamates (subject to hydrolysis) is 1. The summed E-state index contributed by atoms with van der Waals surface area (Å²) in [5.74, 6) is -0.699. The summed E-state index contributed by atoms with van der Waals surface area (Å²) < 4.78 is 18.2. The quantitative estimate of drug-likeness (QED) is 0.811. The van der Waals surface area contributed by atoms with Crippen LogP contribution >= 0.6 is 0 Å². The van der Waals surface area contributed by atoms with Crippen molar-refractivity contribution < 1.29 is 18.7 Å². The molecule has 24 heavy (non-hydrogen) atoms. The van der Waals surface area contributed by atoms with Crippen molar-refractivity contribution in [3.63, 3.8) is 0 Å². The summed E-state index contributed by atoms with van der Waals surface area (Å²) in [4.78, 5) is 23.6. The lowest BCUT2D eigenvalue weighted by molar-refractivity contribution is -0.117. The molecule has 1 aromatic rings. The summed E-state index contributed by atoms with van der Waals surface area (Å²) >= 11 is 0. The van der Waals surface area contributed by atoms with E-state index in [1.165, 1.54) is 24.3 Å². The first-order chi connectivity index (χ1) is 11.0. The molecule has 5 nitrogen and oxygen atoms in total. The Morgan fingerprint density at radius 1 is 1.21 bits per heavy atom. The molecule has 2 amide bonds. The first-order valence-electron chi connectivity index (χ1n) is 7.69. The third kappa shape index (κ3) is 8.31. The van der Waals surface area contributed by atoms with Crippen molar-refractivity contribution in [1.82, 2.24) is 10.6 Å². The predicted molar refractivity (Wildman–Crippen MR) is 91.9 cm³/mol. The van der Waals surface area contributed by atoms with Crippen molar-refractivity contribution >= 4 is 18.1 Å². The van der Waals surface area contributed by atoms with Gasteiger partial charge in [0, 0.05) is 12.6 Å². The van der Waals surface area contributed by atoms with E-state index in [0.717, 1.165) is 0 Å².